The van der Waals surface area contributed by atoms with E-state index in [9.17, 15) is 19.4 Å². The van der Waals surface area contributed by atoms with Gasteiger partial charge in [-0.25, -0.2) is 4.39 Å². The Labute approximate surface area is 117 Å². The van der Waals surface area contributed by atoms with Crippen LogP contribution in [-0.4, -0.2) is 39.3 Å². The van der Waals surface area contributed by atoms with Crippen molar-refractivity contribution in [3.63, 3.8) is 0 Å². The van der Waals surface area contributed by atoms with Gasteiger partial charge in [0.25, 0.3) is 0 Å². The van der Waals surface area contributed by atoms with Crippen molar-refractivity contribution >= 4 is 5.91 Å². The topological polar surface area (TPSA) is 60.8 Å². The molecule has 20 heavy (non-hydrogen) atoms. The van der Waals surface area contributed by atoms with Crippen molar-refractivity contribution in [2.45, 2.75) is 44.4 Å². The van der Waals surface area contributed by atoms with Crippen LogP contribution in [0.25, 0.3) is 0 Å². The first-order valence-corrected chi connectivity index (χ1v) is 6.71. The summed E-state index contributed by atoms with van der Waals surface area (Å²) < 4.78 is 13.0. The van der Waals surface area contributed by atoms with Gasteiger partial charge in [-0.15, -0.1) is 0 Å². The molecule has 1 aliphatic rings. The van der Waals surface area contributed by atoms with Gasteiger partial charge in [0.2, 0.25) is 5.91 Å². The van der Waals surface area contributed by atoms with E-state index in [1.165, 1.54) is 12.1 Å². The molecule has 0 spiro atoms. The summed E-state index contributed by atoms with van der Waals surface area (Å²) >= 11 is 0. The Hall–Kier alpha value is -1.46. The van der Waals surface area contributed by atoms with Gasteiger partial charge in [-0.2, -0.15) is 0 Å². The van der Waals surface area contributed by atoms with E-state index < -0.39 is 11.7 Å². The van der Waals surface area contributed by atoms with E-state index in [1.54, 1.807) is 30.9 Å². The molecule has 1 fully saturated rings. The molecule has 2 N–H and O–H groups in total. The summed E-state index contributed by atoms with van der Waals surface area (Å²) in [6.07, 6.45) is -0.156. The number of amides is 1. The largest absolute Gasteiger partial charge is 0.391 e. The first-order valence-electron chi connectivity index (χ1n) is 6.71. The van der Waals surface area contributed by atoms with Crippen molar-refractivity contribution < 1.29 is 19.4 Å². The number of β-amino-alcohol motifs (C(OH)–C–C–N with tert-alkyl or cyclic N) is 1. The molecule has 4 nitrogen and oxygen atoms in total. The van der Waals surface area contributed by atoms with Crippen molar-refractivity contribution in [2.24, 2.45) is 0 Å². The normalized spacial score (nSPS) is 23.1. The lowest BCUT2D eigenvalue weighted by molar-refractivity contribution is -0.136. The van der Waals surface area contributed by atoms with Crippen molar-refractivity contribution in [1.29, 1.82) is 0 Å². The summed E-state index contributed by atoms with van der Waals surface area (Å²) in [6.45, 7) is 3.39. The van der Waals surface area contributed by atoms with Crippen LogP contribution in [-0.2, 0) is 4.79 Å². The van der Waals surface area contributed by atoms with E-state index in [-0.39, 0.29) is 30.7 Å². The Morgan fingerprint density at radius 2 is 2.00 bits per heavy atom. The average molecular weight is 281 g/mol. The van der Waals surface area contributed by atoms with Crippen molar-refractivity contribution in [3.05, 3.63) is 35.6 Å². The Morgan fingerprint density at radius 3 is 2.55 bits per heavy atom. The van der Waals surface area contributed by atoms with E-state index in [4.69, 9.17) is 0 Å². The molecule has 0 aromatic heterocycles. The fourth-order valence-electron chi connectivity index (χ4n) is 2.56. The number of nitrogens with zero attached hydrogens (tertiary/aromatic N) is 1. The summed E-state index contributed by atoms with van der Waals surface area (Å²) in [5.41, 5.74) is -0.287. The van der Waals surface area contributed by atoms with Gasteiger partial charge in [0, 0.05) is 6.54 Å². The number of aliphatic hydroxyl groups is 2. The molecule has 5 heteroatoms. The predicted octanol–water partition coefficient (Wildman–Crippen LogP) is 1.62. The number of likely N-dealkylation sites (tertiary alicyclic amines) is 1. The van der Waals surface area contributed by atoms with E-state index in [0.29, 0.717) is 6.42 Å². The molecule has 0 aliphatic carbocycles. The van der Waals surface area contributed by atoms with Gasteiger partial charge in [0.15, 0.2) is 0 Å². The highest BCUT2D eigenvalue weighted by Crippen LogP contribution is 2.33. The summed E-state index contributed by atoms with van der Waals surface area (Å²) in [6, 6.07) is 5.68. The zero-order chi connectivity index (χ0) is 14.9. The number of rotatable bonds is 3. The highest BCUT2D eigenvalue weighted by molar-refractivity contribution is 5.78. The second-order valence-electron chi connectivity index (χ2n) is 5.99. The zero-order valence-electron chi connectivity index (χ0n) is 11.7. The molecule has 1 aromatic carbocycles. The molecular weight excluding hydrogens is 261 g/mol. The molecule has 1 heterocycles. The minimum atomic E-state index is -1.09. The predicted molar refractivity (Wildman–Crippen MR) is 72.4 cm³/mol. The average Bonchev–Trinajstić information content (AvgIpc) is 2.70. The third-order valence-corrected chi connectivity index (χ3v) is 3.44. The van der Waals surface area contributed by atoms with E-state index in [0.717, 1.165) is 5.56 Å². The van der Waals surface area contributed by atoms with Crippen molar-refractivity contribution in [1.82, 2.24) is 4.90 Å². The van der Waals surface area contributed by atoms with Gasteiger partial charge in [-0.3, -0.25) is 4.79 Å². The van der Waals surface area contributed by atoms with E-state index in [2.05, 4.69) is 0 Å². The Bertz CT molecular complexity index is 481. The summed E-state index contributed by atoms with van der Waals surface area (Å²) in [7, 11) is 0. The molecule has 1 amide bonds. The Balaban J connectivity index is 2.18. The Morgan fingerprint density at radius 1 is 1.40 bits per heavy atom. The van der Waals surface area contributed by atoms with E-state index >= 15 is 0 Å². The summed E-state index contributed by atoms with van der Waals surface area (Å²) in [5.74, 6) is -0.537. The van der Waals surface area contributed by atoms with Crippen LogP contribution < -0.4 is 0 Å². The molecule has 1 aromatic rings. The fraction of sp³-hybridized carbons (Fsp3) is 0.533. The van der Waals surface area contributed by atoms with Gasteiger partial charge in [0.1, 0.15) is 5.82 Å². The highest BCUT2D eigenvalue weighted by Gasteiger charge is 2.36. The highest BCUT2D eigenvalue weighted by atomic mass is 19.1. The maximum absolute atomic E-state index is 13.0. The fourth-order valence-corrected chi connectivity index (χ4v) is 2.56. The standard InChI is InChI=1S/C15H20FNO3/c1-15(2,20)8-14(19)17-9-12(18)7-13(17)10-3-5-11(16)6-4-10/h3-6,12-13,18,20H,7-9H2,1-2H3. The summed E-state index contributed by atoms with van der Waals surface area (Å²) in [4.78, 5) is 13.8. The molecule has 2 unspecified atom stereocenters. The number of hydrogen-bond acceptors (Lipinski definition) is 3. The SMILES string of the molecule is CC(C)(O)CC(=O)N1CC(O)CC1c1ccc(F)cc1. The maximum atomic E-state index is 13.0. The third kappa shape index (κ3) is 3.55. The molecule has 0 saturated carbocycles. The number of carbonyl (C=O) groups excluding carboxylic acids is 1. The minimum absolute atomic E-state index is 0.00256. The lowest BCUT2D eigenvalue weighted by atomic mass is 10.0. The molecule has 110 valence electrons. The van der Waals surface area contributed by atoms with Crippen LogP contribution in [0.4, 0.5) is 4.39 Å². The number of benzene rings is 1. The molecule has 1 aliphatic heterocycles. The van der Waals surface area contributed by atoms with Gasteiger partial charge >= 0.3 is 0 Å². The van der Waals surface area contributed by atoms with Crippen molar-refractivity contribution in [3.8, 4) is 0 Å². The van der Waals surface area contributed by atoms with Gasteiger partial charge < -0.3 is 15.1 Å². The Kier molecular flexibility index (Phi) is 4.11. The quantitative estimate of drug-likeness (QED) is 0.885. The molecule has 2 atom stereocenters. The summed E-state index contributed by atoms with van der Waals surface area (Å²) in [5, 5.41) is 19.6. The monoisotopic (exact) mass is 281 g/mol. The second kappa shape index (κ2) is 5.50. The van der Waals surface area contributed by atoms with Crippen LogP contribution in [0.5, 0.6) is 0 Å². The van der Waals surface area contributed by atoms with E-state index in [1.807, 2.05) is 0 Å². The van der Waals surface area contributed by atoms with Crippen LogP contribution in [0, 0.1) is 5.82 Å². The number of halogens is 1. The molecule has 0 radical (unpaired) electrons. The van der Waals surface area contributed by atoms with Crippen LogP contribution in [0.2, 0.25) is 0 Å². The first-order chi connectivity index (χ1) is 9.26. The van der Waals surface area contributed by atoms with Crippen molar-refractivity contribution in [2.75, 3.05) is 6.54 Å². The molecule has 2 rings (SSSR count). The van der Waals surface area contributed by atoms with Gasteiger partial charge in [-0.1, -0.05) is 12.1 Å². The second-order valence-corrected chi connectivity index (χ2v) is 5.99. The third-order valence-electron chi connectivity index (χ3n) is 3.44. The first kappa shape index (κ1) is 14.9. The van der Waals surface area contributed by atoms with Crippen LogP contribution in [0.3, 0.4) is 0 Å². The van der Waals surface area contributed by atoms with Gasteiger partial charge in [-0.05, 0) is 38.0 Å². The lowest BCUT2D eigenvalue weighted by Gasteiger charge is -2.27. The number of aliphatic hydroxyl groups excluding tert-OH is 1. The molecular formula is C15H20FNO3. The minimum Gasteiger partial charge on any atom is -0.391 e. The molecule has 0 bridgehead atoms. The van der Waals surface area contributed by atoms with Crippen LogP contribution in [0.1, 0.15) is 38.3 Å². The number of hydrogen-bond donors (Lipinski definition) is 2. The molecule has 1 saturated heterocycles. The lowest BCUT2D eigenvalue weighted by Crippen LogP contribution is -2.36. The zero-order valence-corrected chi connectivity index (χ0v) is 11.7. The number of carbonyl (C=O) groups is 1. The van der Waals surface area contributed by atoms with Crippen LogP contribution in [0.15, 0.2) is 24.3 Å². The maximum Gasteiger partial charge on any atom is 0.226 e. The van der Waals surface area contributed by atoms with Crippen LogP contribution >= 0.6 is 0 Å². The van der Waals surface area contributed by atoms with Gasteiger partial charge in [0.05, 0.1) is 24.2 Å². The smallest absolute Gasteiger partial charge is 0.226 e.